The topological polar surface area (TPSA) is 47.6 Å². The molecule has 5 heteroatoms. The Bertz CT molecular complexity index is 354. The fourth-order valence-corrected chi connectivity index (χ4v) is 1.52. The zero-order valence-corrected chi connectivity index (χ0v) is 11.4. The zero-order valence-electron chi connectivity index (χ0n) is 10.5. The molecule has 0 aliphatic heterocycles. The van der Waals surface area contributed by atoms with Gasteiger partial charge in [-0.2, -0.15) is 0 Å². The second kappa shape index (κ2) is 8.97. The smallest absolute Gasteiger partial charge is 0.224 e. The van der Waals surface area contributed by atoms with Crippen molar-refractivity contribution >= 4 is 18.5 Å². The molecule has 0 aromatic heterocycles. The molecule has 1 rings (SSSR count). The molecule has 0 bridgehead atoms. The SMILES string of the molecule is COCCOCCNC(=O)Cc1ccc(S)cc1. The van der Waals surface area contributed by atoms with Gasteiger partial charge >= 0.3 is 0 Å². The van der Waals surface area contributed by atoms with E-state index in [0.717, 1.165) is 10.5 Å². The third kappa shape index (κ3) is 6.64. The van der Waals surface area contributed by atoms with E-state index in [1.807, 2.05) is 24.3 Å². The molecule has 1 aromatic carbocycles. The quantitative estimate of drug-likeness (QED) is 0.552. The highest BCUT2D eigenvalue weighted by molar-refractivity contribution is 7.80. The van der Waals surface area contributed by atoms with Crippen LogP contribution in [0.15, 0.2) is 29.2 Å². The van der Waals surface area contributed by atoms with E-state index in [1.54, 1.807) is 7.11 Å². The Morgan fingerprint density at radius 2 is 1.94 bits per heavy atom. The number of hydrogen-bond donors (Lipinski definition) is 2. The fourth-order valence-electron chi connectivity index (χ4n) is 1.37. The van der Waals surface area contributed by atoms with Gasteiger partial charge in [-0.25, -0.2) is 0 Å². The van der Waals surface area contributed by atoms with Crippen molar-refractivity contribution in [3.63, 3.8) is 0 Å². The minimum atomic E-state index is -0.00254. The standard InChI is InChI=1S/C13H19NO3S/c1-16-8-9-17-7-6-14-13(15)10-11-2-4-12(18)5-3-11/h2-5,18H,6-10H2,1H3,(H,14,15). The fraction of sp³-hybridized carbons (Fsp3) is 0.462. The largest absolute Gasteiger partial charge is 0.382 e. The molecule has 0 saturated carbocycles. The van der Waals surface area contributed by atoms with Gasteiger partial charge in [0.05, 0.1) is 26.2 Å². The van der Waals surface area contributed by atoms with Gasteiger partial charge in [-0.1, -0.05) is 12.1 Å². The van der Waals surface area contributed by atoms with Gasteiger partial charge in [0.25, 0.3) is 0 Å². The van der Waals surface area contributed by atoms with E-state index >= 15 is 0 Å². The van der Waals surface area contributed by atoms with E-state index in [2.05, 4.69) is 17.9 Å². The van der Waals surface area contributed by atoms with E-state index in [4.69, 9.17) is 9.47 Å². The summed E-state index contributed by atoms with van der Waals surface area (Å²) in [6.45, 7) is 2.15. The van der Waals surface area contributed by atoms with Gasteiger partial charge in [-0.3, -0.25) is 4.79 Å². The number of carbonyl (C=O) groups is 1. The molecule has 18 heavy (non-hydrogen) atoms. The summed E-state index contributed by atoms with van der Waals surface area (Å²) in [5, 5.41) is 2.80. The lowest BCUT2D eigenvalue weighted by atomic mass is 10.1. The Labute approximate surface area is 113 Å². The van der Waals surface area contributed by atoms with E-state index < -0.39 is 0 Å². The molecule has 0 heterocycles. The summed E-state index contributed by atoms with van der Waals surface area (Å²) in [6, 6.07) is 7.55. The highest BCUT2D eigenvalue weighted by atomic mass is 32.1. The van der Waals surface area contributed by atoms with E-state index in [1.165, 1.54) is 0 Å². The number of thiol groups is 1. The summed E-state index contributed by atoms with van der Waals surface area (Å²) in [4.78, 5) is 12.5. The van der Waals surface area contributed by atoms with Crippen LogP contribution >= 0.6 is 12.6 Å². The molecule has 0 aliphatic rings. The molecule has 0 aliphatic carbocycles. The summed E-state index contributed by atoms with van der Waals surface area (Å²) in [6.07, 6.45) is 0.381. The molecule has 4 nitrogen and oxygen atoms in total. The van der Waals surface area contributed by atoms with Gasteiger partial charge in [0.2, 0.25) is 5.91 Å². The minimum Gasteiger partial charge on any atom is -0.382 e. The normalized spacial score (nSPS) is 10.3. The van der Waals surface area contributed by atoms with Crippen LogP contribution < -0.4 is 5.32 Å². The number of methoxy groups -OCH3 is 1. The first-order chi connectivity index (χ1) is 8.72. The summed E-state index contributed by atoms with van der Waals surface area (Å²) >= 11 is 4.19. The Balaban J connectivity index is 2.12. The molecule has 0 spiro atoms. The number of rotatable bonds is 8. The van der Waals surface area contributed by atoms with Crippen LogP contribution in [0.1, 0.15) is 5.56 Å². The van der Waals surface area contributed by atoms with E-state index in [-0.39, 0.29) is 5.91 Å². The van der Waals surface area contributed by atoms with Crippen molar-refractivity contribution in [2.45, 2.75) is 11.3 Å². The van der Waals surface area contributed by atoms with Gasteiger partial charge in [0.15, 0.2) is 0 Å². The van der Waals surface area contributed by atoms with Crippen molar-refractivity contribution in [2.75, 3.05) is 33.5 Å². The van der Waals surface area contributed by atoms with Crippen LogP contribution in [-0.4, -0.2) is 39.4 Å². The van der Waals surface area contributed by atoms with Crippen molar-refractivity contribution in [3.05, 3.63) is 29.8 Å². The molecular weight excluding hydrogens is 250 g/mol. The highest BCUT2D eigenvalue weighted by Gasteiger charge is 2.02. The summed E-state index contributed by atoms with van der Waals surface area (Å²) in [5.74, 6) is -0.00254. The van der Waals surface area contributed by atoms with Crippen LogP contribution in [0, 0.1) is 0 Å². The zero-order chi connectivity index (χ0) is 13.2. The minimum absolute atomic E-state index is 0.00254. The van der Waals surface area contributed by atoms with Crippen LogP contribution in [0.3, 0.4) is 0 Å². The average molecular weight is 269 g/mol. The summed E-state index contributed by atoms with van der Waals surface area (Å²) < 4.78 is 10.1. The molecule has 100 valence electrons. The Morgan fingerprint density at radius 3 is 2.61 bits per heavy atom. The van der Waals surface area contributed by atoms with Gasteiger partial charge < -0.3 is 14.8 Å². The van der Waals surface area contributed by atoms with E-state index in [0.29, 0.717) is 32.8 Å². The second-order valence-corrected chi connectivity index (χ2v) is 4.31. The lowest BCUT2D eigenvalue weighted by Gasteiger charge is -2.06. The molecule has 1 aromatic rings. The molecule has 0 radical (unpaired) electrons. The Kier molecular flexibility index (Phi) is 7.48. The van der Waals surface area contributed by atoms with Gasteiger partial charge in [0.1, 0.15) is 0 Å². The molecule has 1 N–H and O–H groups in total. The number of hydrogen-bond acceptors (Lipinski definition) is 4. The van der Waals surface area contributed by atoms with Crippen molar-refractivity contribution in [1.29, 1.82) is 0 Å². The molecule has 0 unspecified atom stereocenters. The first-order valence-electron chi connectivity index (χ1n) is 5.83. The van der Waals surface area contributed by atoms with Crippen LogP contribution in [0.4, 0.5) is 0 Å². The molecule has 0 fully saturated rings. The Morgan fingerprint density at radius 1 is 1.22 bits per heavy atom. The number of ether oxygens (including phenoxy) is 2. The van der Waals surface area contributed by atoms with Gasteiger partial charge in [0, 0.05) is 18.6 Å². The lowest BCUT2D eigenvalue weighted by Crippen LogP contribution is -2.28. The number of carbonyl (C=O) groups excluding carboxylic acids is 1. The van der Waals surface area contributed by atoms with Crippen LogP contribution in [0.5, 0.6) is 0 Å². The Hall–Kier alpha value is -1.04. The van der Waals surface area contributed by atoms with Crippen molar-refractivity contribution < 1.29 is 14.3 Å². The number of amides is 1. The summed E-state index contributed by atoms with van der Waals surface area (Å²) in [7, 11) is 1.63. The molecular formula is C13H19NO3S. The van der Waals surface area contributed by atoms with Gasteiger partial charge in [-0.15, -0.1) is 12.6 Å². The van der Waals surface area contributed by atoms with Crippen LogP contribution in [0.25, 0.3) is 0 Å². The lowest BCUT2D eigenvalue weighted by molar-refractivity contribution is -0.120. The second-order valence-electron chi connectivity index (χ2n) is 3.80. The van der Waals surface area contributed by atoms with Crippen molar-refractivity contribution in [3.8, 4) is 0 Å². The first-order valence-corrected chi connectivity index (χ1v) is 6.28. The van der Waals surface area contributed by atoms with Crippen LogP contribution in [-0.2, 0) is 20.7 Å². The highest BCUT2D eigenvalue weighted by Crippen LogP contribution is 2.07. The third-order valence-corrected chi connectivity index (χ3v) is 2.60. The van der Waals surface area contributed by atoms with Crippen molar-refractivity contribution in [1.82, 2.24) is 5.32 Å². The molecule has 1 amide bonds. The maximum absolute atomic E-state index is 11.6. The van der Waals surface area contributed by atoms with E-state index in [9.17, 15) is 4.79 Å². The number of nitrogens with one attached hydrogen (secondary N) is 1. The maximum atomic E-state index is 11.6. The molecule has 0 saturated heterocycles. The third-order valence-electron chi connectivity index (χ3n) is 2.30. The number of benzene rings is 1. The van der Waals surface area contributed by atoms with Crippen LogP contribution in [0.2, 0.25) is 0 Å². The van der Waals surface area contributed by atoms with Crippen molar-refractivity contribution in [2.24, 2.45) is 0 Å². The monoisotopic (exact) mass is 269 g/mol. The molecule has 0 atom stereocenters. The first kappa shape index (κ1) is 15.0. The maximum Gasteiger partial charge on any atom is 0.224 e. The summed E-state index contributed by atoms with van der Waals surface area (Å²) in [5.41, 5.74) is 0.977. The van der Waals surface area contributed by atoms with Gasteiger partial charge in [-0.05, 0) is 17.7 Å². The predicted molar refractivity (Wildman–Crippen MR) is 73.1 cm³/mol. The average Bonchev–Trinajstić information content (AvgIpc) is 2.36. The predicted octanol–water partition coefficient (Wildman–Crippen LogP) is 1.30.